The number of amides is 1. The molecule has 94 valence electrons. The monoisotopic (exact) mass is 251 g/mol. The van der Waals surface area contributed by atoms with Gasteiger partial charge in [0, 0.05) is 24.0 Å². The van der Waals surface area contributed by atoms with Crippen molar-refractivity contribution in [1.82, 2.24) is 0 Å². The molecule has 0 bridgehead atoms. The van der Waals surface area contributed by atoms with Crippen molar-refractivity contribution >= 4 is 17.3 Å². The summed E-state index contributed by atoms with van der Waals surface area (Å²) < 4.78 is 0. The molecule has 2 aromatic carbocycles. The summed E-state index contributed by atoms with van der Waals surface area (Å²) in [5, 5.41) is 8.86. The van der Waals surface area contributed by atoms with Crippen molar-refractivity contribution in [2.75, 3.05) is 17.7 Å². The van der Waals surface area contributed by atoms with Crippen LogP contribution in [0.3, 0.4) is 0 Å². The molecule has 0 saturated heterocycles. The van der Waals surface area contributed by atoms with Gasteiger partial charge < -0.3 is 10.6 Å². The number of carbonyl (C=O) groups excluding carboxylic acids is 1. The van der Waals surface area contributed by atoms with Gasteiger partial charge in [0.05, 0.1) is 11.6 Å². The van der Waals surface area contributed by atoms with Crippen molar-refractivity contribution in [2.24, 2.45) is 0 Å². The van der Waals surface area contributed by atoms with Crippen LogP contribution in [0.2, 0.25) is 0 Å². The van der Waals surface area contributed by atoms with E-state index in [0.29, 0.717) is 22.5 Å². The Kier molecular flexibility index (Phi) is 3.48. The smallest absolute Gasteiger partial charge is 0.258 e. The van der Waals surface area contributed by atoms with E-state index in [1.165, 1.54) is 4.90 Å². The SMILES string of the molecule is CN(C(=O)c1ccc(N)cc1)c1cccc(C#N)c1. The van der Waals surface area contributed by atoms with Crippen LogP contribution in [-0.4, -0.2) is 13.0 Å². The van der Waals surface area contributed by atoms with Crippen LogP contribution in [0.15, 0.2) is 48.5 Å². The Morgan fingerprint density at radius 2 is 1.89 bits per heavy atom. The van der Waals surface area contributed by atoms with E-state index in [1.54, 1.807) is 55.6 Å². The van der Waals surface area contributed by atoms with Gasteiger partial charge in [-0.1, -0.05) is 6.07 Å². The second-order valence-electron chi connectivity index (χ2n) is 4.15. The lowest BCUT2D eigenvalue weighted by Crippen LogP contribution is -2.26. The van der Waals surface area contributed by atoms with Gasteiger partial charge in [-0.15, -0.1) is 0 Å². The molecule has 2 aromatic rings. The van der Waals surface area contributed by atoms with E-state index in [-0.39, 0.29) is 5.91 Å². The lowest BCUT2D eigenvalue weighted by molar-refractivity contribution is 0.0993. The number of nitriles is 1. The number of anilines is 2. The second kappa shape index (κ2) is 5.23. The van der Waals surface area contributed by atoms with Crippen LogP contribution in [0.4, 0.5) is 11.4 Å². The van der Waals surface area contributed by atoms with Crippen molar-refractivity contribution in [2.45, 2.75) is 0 Å². The molecular weight excluding hydrogens is 238 g/mol. The van der Waals surface area contributed by atoms with Gasteiger partial charge in [-0.25, -0.2) is 0 Å². The minimum atomic E-state index is -0.143. The van der Waals surface area contributed by atoms with E-state index in [0.717, 1.165) is 0 Å². The van der Waals surface area contributed by atoms with Gasteiger partial charge in [0.25, 0.3) is 5.91 Å². The summed E-state index contributed by atoms with van der Waals surface area (Å²) in [5.74, 6) is -0.143. The fraction of sp³-hybridized carbons (Fsp3) is 0.0667. The molecule has 0 spiro atoms. The summed E-state index contributed by atoms with van der Waals surface area (Å²) >= 11 is 0. The molecule has 0 aliphatic rings. The number of benzene rings is 2. The number of rotatable bonds is 2. The Morgan fingerprint density at radius 1 is 1.21 bits per heavy atom. The zero-order chi connectivity index (χ0) is 13.8. The number of nitrogens with zero attached hydrogens (tertiary/aromatic N) is 2. The van der Waals surface area contributed by atoms with Crippen molar-refractivity contribution in [3.05, 3.63) is 59.7 Å². The molecule has 0 aliphatic heterocycles. The molecule has 0 fully saturated rings. The minimum Gasteiger partial charge on any atom is -0.399 e. The van der Waals surface area contributed by atoms with Gasteiger partial charge in [0.2, 0.25) is 0 Å². The second-order valence-corrected chi connectivity index (χ2v) is 4.15. The number of carbonyl (C=O) groups is 1. The van der Waals surface area contributed by atoms with E-state index in [2.05, 4.69) is 6.07 Å². The Balaban J connectivity index is 2.28. The third kappa shape index (κ3) is 2.72. The number of nitrogen functional groups attached to an aromatic ring is 1. The maximum absolute atomic E-state index is 12.3. The standard InChI is InChI=1S/C15H13N3O/c1-18(14-4-2-3-11(9-14)10-16)15(19)12-5-7-13(17)8-6-12/h2-9H,17H2,1H3. The molecule has 1 amide bonds. The lowest BCUT2D eigenvalue weighted by Gasteiger charge is -2.17. The van der Waals surface area contributed by atoms with Crippen molar-refractivity contribution in [3.63, 3.8) is 0 Å². The molecule has 4 heteroatoms. The quantitative estimate of drug-likeness (QED) is 0.833. The summed E-state index contributed by atoms with van der Waals surface area (Å²) in [6.45, 7) is 0. The fourth-order valence-electron chi connectivity index (χ4n) is 1.72. The Morgan fingerprint density at radius 3 is 2.53 bits per heavy atom. The fourth-order valence-corrected chi connectivity index (χ4v) is 1.72. The largest absolute Gasteiger partial charge is 0.399 e. The molecule has 2 rings (SSSR count). The first-order chi connectivity index (χ1) is 9.11. The molecule has 0 aliphatic carbocycles. The zero-order valence-corrected chi connectivity index (χ0v) is 10.5. The highest BCUT2D eigenvalue weighted by Gasteiger charge is 2.13. The Hall–Kier alpha value is -2.80. The van der Waals surface area contributed by atoms with Crippen LogP contribution in [0, 0.1) is 11.3 Å². The van der Waals surface area contributed by atoms with Crippen molar-refractivity contribution in [1.29, 1.82) is 5.26 Å². The maximum atomic E-state index is 12.3. The van der Waals surface area contributed by atoms with E-state index >= 15 is 0 Å². The van der Waals surface area contributed by atoms with Crippen LogP contribution < -0.4 is 10.6 Å². The van der Waals surface area contributed by atoms with E-state index < -0.39 is 0 Å². The topological polar surface area (TPSA) is 70.1 Å². The summed E-state index contributed by atoms with van der Waals surface area (Å²) in [6.07, 6.45) is 0. The molecule has 4 nitrogen and oxygen atoms in total. The maximum Gasteiger partial charge on any atom is 0.258 e. The van der Waals surface area contributed by atoms with Crippen LogP contribution in [-0.2, 0) is 0 Å². The van der Waals surface area contributed by atoms with Gasteiger partial charge in [0.15, 0.2) is 0 Å². The number of nitrogens with two attached hydrogens (primary N) is 1. The average molecular weight is 251 g/mol. The molecule has 0 aromatic heterocycles. The normalized spacial score (nSPS) is 9.68. The van der Waals surface area contributed by atoms with Gasteiger partial charge in [-0.3, -0.25) is 4.79 Å². The number of hydrogen-bond donors (Lipinski definition) is 1. The van der Waals surface area contributed by atoms with Gasteiger partial charge in [0.1, 0.15) is 0 Å². The molecule has 0 unspecified atom stereocenters. The first-order valence-corrected chi connectivity index (χ1v) is 5.75. The third-order valence-corrected chi connectivity index (χ3v) is 2.82. The summed E-state index contributed by atoms with van der Waals surface area (Å²) in [5.41, 5.74) is 7.97. The molecule has 0 saturated carbocycles. The van der Waals surface area contributed by atoms with Crippen LogP contribution in [0.5, 0.6) is 0 Å². The van der Waals surface area contributed by atoms with E-state index in [9.17, 15) is 4.79 Å². The van der Waals surface area contributed by atoms with Crippen molar-refractivity contribution < 1.29 is 4.79 Å². The summed E-state index contributed by atoms with van der Waals surface area (Å²) in [6, 6.07) is 15.7. The van der Waals surface area contributed by atoms with Crippen LogP contribution >= 0.6 is 0 Å². The van der Waals surface area contributed by atoms with Crippen LogP contribution in [0.1, 0.15) is 15.9 Å². The third-order valence-electron chi connectivity index (χ3n) is 2.82. The minimum absolute atomic E-state index is 0.143. The van der Waals surface area contributed by atoms with Crippen LogP contribution in [0.25, 0.3) is 0 Å². The molecular formula is C15H13N3O. The lowest BCUT2D eigenvalue weighted by atomic mass is 10.1. The van der Waals surface area contributed by atoms with Crippen molar-refractivity contribution in [3.8, 4) is 6.07 Å². The highest BCUT2D eigenvalue weighted by Crippen LogP contribution is 2.17. The van der Waals surface area contributed by atoms with E-state index in [4.69, 9.17) is 11.0 Å². The van der Waals surface area contributed by atoms with Gasteiger partial charge >= 0.3 is 0 Å². The first kappa shape index (κ1) is 12.7. The predicted octanol–water partition coefficient (Wildman–Crippen LogP) is 2.42. The highest BCUT2D eigenvalue weighted by molar-refractivity contribution is 6.05. The Bertz CT molecular complexity index is 641. The van der Waals surface area contributed by atoms with Gasteiger partial charge in [-0.05, 0) is 42.5 Å². The summed E-state index contributed by atoms with van der Waals surface area (Å²) in [4.78, 5) is 13.8. The average Bonchev–Trinajstić information content (AvgIpc) is 2.46. The molecule has 2 N–H and O–H groups in total. The molecule has 0 atom stereocenters. The molecule has 19 heavy (non-hydrogen) atoms. The Labute approximate surface area is 111 Å². The van der Waals surface area contributed by atoms with Gasteiger partial charge in [-0.2, -0.15) is 5.26 Å². The zero-order valence-electron chi connectivity index (χ0n) is 10.5. The highest BCUT2D eigenvalue weighted by atomic mass is 16.2. The first-order valence-electron chi connectivity index (χ1n) is 5.75. The van der Waals surface area contributed by atoms with E-state index in [1.807, 2.05) is 0 Å². The summed E-state index contributed by atoms with van der Waals surface area (Å²) in [7, 11) is 1.68. The predicted molar refractivity (Wildman–Crippen MR) is 74.7 cm³/mol. The molecule has 0 radical (unpaired) electrons. The molecule has 0 heterocycles. The number of hydrogen-bond acceptors (Lipinski definition) is 3.